The zero-order valence-corrected chi connectivity index (χ0v) is 9.55. The molecule has 0 radical (unpaired) electrons. The normalized spacial score (nSPS) is 21.5. The first-order valence-electron chi connectivity index (χ1n) is 4.35. The van der Waals surface area contributed by atoms with E-state index in [0.29, 0.717) is 5.76 Å². The van der Waals surface area contributed by atoms with Crippen molar-refractivity contribution >= 4 is 17.6 Å². The van der Waals surface area contributed by atoms with E-state index in [2.05, 4.69) is 0 Å². The molecule has 14 heavy (non-hydrogen) atoms. The van der Waals surface area contributed by atoms with E-state index in [9.17, 15) is 4.79 Å². The van der Waals surface area contributed by atoms with Gasteiger partial charge in [-0.3, -0.25) is 0 Å². The molecule has 4 heteroatoms. The molecule has 0 fully saturated rings. The minimum atomic E-state index is -0.701. The maximum absolute atomic E-state index is 11.4. The van der Waals surface area contributed by atoms with E-state index in [1.165, 1.54) is 0 Å². The molecule has 0 saturated carbocycles. The molecule has 1 rings (SSSR count). The summed E-state index contributed by atoms with van der Waals surface area (Å²) >= 11 is 5.89. The number of halogens is 1. The maximum Gasteiger partial charge on any atom is 0.335 e. The van der Waals surface area contributed by atoms with Gasteiger partial charge in [0.05, 0.1) is 0 Å². The first-order chi connectivity index (χ1) is 6.43. The second-order valence-corrected chi connectivity index (χ2v) is 4.05. The summed E-state index contributed by atoms with van der Waals surface area (Å²) in [7, 11) is 3.70. The number of carbonyl (C=O) groups excluding carboxylic acids is 1. The second-order valence-electron chi connectivity index (χ2n) is 3.61. The SMILES string of the molecule is CC(C)=C1C=C(N(C)C)C(Cl)C(=O)O1. The Morgan fingerprint density at radius 2 is 2.07 bits per heavy atom. The van der Waals surface area contributed by atoms with E-state index in [-0.39, 0.29) is 0 Å². The van der Waals surface area contributed by atoms with Gasteiger partial charge in [0.15, 0.2) is 5.38 Å². The summed E-state index contributed by atoms with van der Waals surface area (Å²) < 4.78 is 5.05. The van der Waals surface area contributed by atoms with Crippen molar-refractivity contribution in [2.45, 2.75) is 19.2 Å². The van der Waals surface area contributed by atoms with E-state index in [0.717, 1.165) is 11.3 Å². The predicted molar refractivity (Wildman–Crippen MR) is 55.9 cm³/mol. The second kappa shape index (κ2) is 4.05. The van der Waals surface area contributed by atoms with Crippen LogP contribution in [0.2, 0.25) is 0 Å². The van der Waals surface area contributed by atoms with Crippen molar-refractivity contribution in [2.75, 3.05) is 14.1 Å². The summed E-state index contributed by atoms with van der Waals surface area (Å²) in [6.07, 6.45) is 1.80. The van der Waals surface area contributed by atoms with E-state index in [1.807, 2.05) is 32.8 Å². The molecular weight excluding hydrogens is 202 g/mol. The highest BCUT2D eigenvalue weighted by Crippen LogP contribution is 2.24. The number of cyclic esters (lactones) is 1. The Kier molecular flexibility index (Phi) is 3.21. The lowest BCUT2D eigenvalue weighted by Crippen LogP contribution is -2.31. The summed E-state index contributed by atoms with van der Waals surface area (Å²) in [5.74, 6) is 0.185. The molecule has 1 heterocycles. The van der Waals surface area contributed by atoms with Gasteiger partial charge in [-0.05, 0) is 19.4 Å². The van der Waals surface area contributed by atoms with Crippen LogP contribution in [0.4, 0.5) is 0 Å². The van der Waals surface area contributed by atoms with Gasteiger partial charge in [0.2, 0.25) is 0 Å². The molecule has 1 aliphatic rings. The van der Waals surface area contributed by atoms with Gasteiger partial charge in [0.1, 0.15) is 5.76 Å². The third kappa shape index (κ3) is 2.10. The molecule has 1 aliphatic heterocycles. The van der Waals surface area contributed by atoms with E-state index < -0.39 is 11.3 Å². The quantitative estimate of drug-likeness (QED) is 0.494. The molecular formula is C10H14ClNO2. The fourth-order valence-electron chi connectivity index (χ4n) is 1.12. The molecule has 0 bridgehead atoms. The monoisotopic (exact) mass is 215 g/mol. The summed E-state index contributed by atoms with van der Waals surface area (Å²) in [6.45, 7) is 3.78. The Labute approximate surface area is 89.0 Å². The number of ether oxygens (including phenoxy) is 1. The Bertz CT molecular complexity index is 314. The van der Waals surface area contributed by atoms with Crippen molar-refractivity contribution in [3.05, 3.63) is 23.1 Å². The van der Waals surface area contributed by atoms with Gasteiger partial charge < -0.3 is 9.64 Å². The molecule has 0 amide bonds. The Balaban J connectivity index is 3.12. The van der Waals surface area contributed by atoms with Crippen molar-refractivity contribution in [3.63, 3.8) is 0 Å². The Morgan fingerprint density at radius 3 is 2.50 bits per heavy atom. The highest BCUT2D eigenvalue weighted by molar-refractivity contribution is 6.32. The third-order valence-electron chi connectivity index (χ3n) is 1.97. The van der Waals surface area contributed by atoms with Gasteiger partial charge in [-0.1, -0.05) is 0 Å². The topological polar surface area (TPSA) is 29.5 Å². The number of hydrogen-bond donors (Lipinski definition) is 0. The average molecular weight is 216 g/mol. The van der Waals surface area contributed by atoms with Crippen molar-refractivity contribution in [1.82, 2.24) is 4.90 Å². The lowest BCUT2D eigenvalue weighted by Gasteiger charge is -2.25. The van der Waals surface area contributed by atoms with E-state index in [4.69, 9.17) is 16.3 Å². The van der Waals surface area contributed by atoms with Crippen LogP contribution in [-0.2, 0) is 9.53 Å². The predicted octanol–water partition coefficient (Wildman–Crippen LogP) is 1.89. The van der Waals surface area contributed by atoms with Crippen molar-refractivity contribution in [1.29, 1.82) is 0 Å². The summed E-state index contributed by atoms with van der Waals surface area (Å²) in [6, 6.07) is 0. The van der Waals surface area contributed by atoms with Crippen LogP contribution >= 0.6 is 11.6 Å². The summed E-state index contributed by atoms with van der Waals surface area (Å²) in [5, 5.41) is -0.701. The van der Waals surface area contributed by atoms with Crippen molar-refractivity contribution < 1.29 is 9.53 Å². The van der Waals surface area contributed by atoms with Crippen LogP contribution in [0.3, 0.4) is 0 Å². The number of hydrogen-bond acceptors (Lipinski definition) is 3. The number of alkyl halides is 1. The van der Waals surface area contributed by atoms with Crippen LogP contribution in [0.1, 0.15) is 13.8 Å². The van der Waals surface area contributed by atoms with Gasteiger partial charge in [0, 0.05) is 25.9 Å². The minimum Gasteiger partial charge on any atom is -0.425 e. The van der Waals surface area contributed by atoms with Crippen LogP contribution in [0, 0.1) is 0 Å². The highest BCUT2D eigenvalue weighted by atomic mass is 35.5. The third-order valence-corrected chi connectivity index (χ3v) is 2.37. The number of rotatable bonds is 1. The van der Waals surface area contributed by atoms with Crippen LogP contribution in [-0.4, -0.2) is 30.3 Å². The summed E-state index contributed by atoms with van der Waals surface area (Å²) in [5.41, 5.74) is 1.72. The molecule has 0 spiro atoms. The van der Waals surface area contributed by atoms with E-state index in [1.54, 1.807) is 6.08 Å². The molecule has 0 aromatic carbocycles. The molecule has 78 valence electrons. The first kappa shape index (κ1) is 11.1. The van der Waals surface area contributed by atoms with Crippen molar-refractivity contribution in [2.24, 2.45) is 0 Å². The van der Waals surface area contributed by atoms with Gasteiger partial charge >= 0.3 is 5.97 Å². The largest absolute Gasteiger partial charge is 0.425 e. The fourth-order valence-corrected chi connectivity index (χ4v) is 1.42. The molecule has 1 unspecified atom stereocenters. The Hall–Kier alpha value is -0.960. The molecule has 0 saturated heterocycles. The molecule has 0 aromatic rings. The van der Waals surface area contributed by atoms with Gasteiger partial charge in [0.25, 0.3) is 0 Å². The van der Waals surface area contributed by atoms with E-state index >= 15 is 0 Å². The lowest BCUT2D eigenvalue weighted by atomic mass is 10.1. The van der Waals surface area contributed by atoms with Crippen molar-refractivity contribution in [3.8, 4) is 0 Å². The number of nitrogens with zero attached hydrogens (tertiary/aromatic N) is 1. The van der Waals surface area contributed by atoms with Gasteiger partial charge in [-0.2, -0.15) is 0 Å². The number of esters is 1. The first-order valence-corrected chi connectivity index (χ1v) is 4.79. The molecule has 0 aromatic heterocycles. The maximum atomic E-state index is 11.4. The molecule has 0 aliphatic carbocycles. The zero-order chi connectivity index (χ0) is 10.9. The molecule has 1 atom stereocenters. The fraction of sp³-hybridized carbons (Fsp3) is 0.500. The van der Waals surface area contributed by atoms with Crippen LogP contribution in [0.15, 0.2) is 23.1 Å². The van der Waals surface area contributed by atoms with Crippen LogP contribution < -0.4 is 0 Å². The smallest absolute Gasteiger partial charge is 0.335 e. The Morgan fingerprint density at radius 1 is 1.50 bits per heavy atom. The summed E-state index contributed by atoms with van der Waals surface area (Å²) in [4.78, 5) is 13.2. The van der Waals surface area contributed by atoms with Crippen LogP contribution in [0.5, 0.6) is 0 Å². The zero-order valence-electron chi connectivity index (χ0n) is 8.80. The highest BCUT2D eigenvalue weighted by Gasteiger charge is 2.29. The lowest BCUT2D eigenvalue weighted by molar-refractivity contribution is -0.138. The minimum absolute atomic E-state index is 0.408. The van der Waals surface area contributed by atoms with Gasteiger partial charge in [-0.25, -0.2) is 4.79 Å². The number of carbonyl (C=O) groups is 1. The van der Waals surface area contributed by atoms with Crippen LogP contribution in [0.25, 0.3) is 0 Å². The van der Waals surface area contributed by atoms with Gasteiger partial charge in [-0.15, -0.1) is 11.6 Å². The molecule has 0 N–H and O–H groups in total. The standard InChI is InChI=1S/C10H14ClNO2/c1-6(2)8-5-7(12(3)4)9(11)10(13)14-8/h5,9H,1-4H3. The number of allylic oxidation sites excluding steroid dienone is 2. The average Bonchev–Trinajstić information content (AvgIpc) is 2.08. The molecule has 3 nitrogen and oxygen atoms in total.